The first-order chi connectivity index (χ1) is 31.3. The predicted octanol–water partition coefficient (Wildman–Crippen LogP) is 12.3. The number of alkyl halides is 6. The van der Waals surface area contributed by atoms with Crippen LogP contribution in [0.5, 0.6) is 0 Å². The Morgan fingerprint density at radius 2 is 1.24 bits per heavy atom. The zero-order chi connectivity index (χ0) is 48.6. The van der Waals surface area contributed by atoms with Crippen molar-refractivity contribution in [1.82, 2.24) is 9.80 Å². The quantitative estimate of drug-likeness (QED) is 0.0602. The molecule has 2 fully saturated rings. The molecule has 0 N–H and O–H groups in total. The van der Waals surface area contributed by atoms with Crippen LogP contribution in [0.3, 0.4) is 0 Å². The molecule has 4 aromatic rings. The number of hydrogen-bond donors (Lipinski definition) is 0. The molecule has 5 aliphatic rings. The van der Waals surface area contributed by atoms with Crippen molar-refractivity contribution in [1.29, 1.82) is 0 Å². The highest BCUT2D eigenvalue weighted by Gasteiger charge is 2.53. The molecule has 4 aromatic carbocycles. The van der Waals surface area contributed by atoms with Crippen LogP contribution < -0.4 is 0 Å². The second-order valence-electron chi connectivity index (χ2n) is 16.9. The normalized spacial score (nSPS) is 20.2. The highest BCUT2D eigenvalue weighted by atomic mass is 35.5. The van der Waals surface area contributed by atoms with Gasteiger partial charge in [0.25, 0.3) is 0 Å². The Morgan fingerprint density at radius 1 is 0.731 bits per heavy atom. The first-order valence-electron chi connectivity index (χ1n) is 20.4. The highest BCUT2D eigenvalue weighted by Crippen LogP contribution is 2.50. The molecule has 67 heavy (non-hydrogen) atoms. The van der Waals surface area contributed by atoms with E-state index in [0.717, 1.165) is 27.3 Å². The predicted molar refractivity (Wildman–Crippen MR) is 237 cm³/mol. The van der Waals surface area contributed by atoms with Crippen LogP contribution >= 0.6 is 58.4 Å². The molecule has 5 aliphatic heterocycles. The van der Waals surface area contributed by atoms with Gasteiger partial charge in [0.2, 0.25) is 11.8 Å². The van der Waals surface area contributed by atoms with E-state index in [4.69, 9.17) is 60.3 Å². The largest absolute Gasteiger partial charge is 0.417 e. The van der Waals surface area contributed by atoms with Crippen molar-refractivity contribution in [3.63, 3.8) is 0 Å². The van der Waals surface area contributed by atoms with E-state index in [1.165, 1.54) is 35.7 Å². The van der Waals surface area contributed by atoms with Gasteiger partial charge < -0.3 is 19.3 Å². The number of ketones is 1. The molecule has 5 heterocycles. The van der Waals surface area contributed by atoms with Crippen LogP contribution in [0.15, 0.2) is 71.1 Å². The molecular weight excluding hydrogens is 1000 g/mol. The van der Waals surface area contributed by atoms with E-state index in [2.05, 4.69) is 25.1 Å². The van der Waals surface area contributed by atoms with Gasteiger partial charge >= 0.3 is 12.4 Å². The highest BCUT2D eigenvalue weighted by molar-refractivity contribution is 7.99. The summed E-state index contributed by atoms with van der Waals surface area (Å²) in [6.45, 7) is 5.44. The number of amides is 2. The topological polar surface area (TPSA) is 88.5 Å². The van der Waals surface area contributed by atoms with Gasteiger partial charge in [0.05, 0.1) is 75.5 Å². The molecule has 9 rings (SSSR count). The lowest BCUT2D eigenvalue weighted by Crippen LogP contribution is -2.61. The SMILES string of the molecule is CCC(=O)N1CC2(C1)OCc1cc(C3=NS[C@](C)(c4cc(Cl)c(F)c(Cl)c4)C3)ccc12.O=C(C=C(c1cc(Cl)c(F)c(Cl)c1)C(F)(F)F)c1ccc2c(c1)COC21CN(C(=O)CC(F)(F)F)C1. The summed E-state index contributed by atoms with van der Waals surface area (Å²) < 4.78 is 122. The van der Waals surface area contributed by atoms with Crippen molar-refractivity contribution in [3.05, 3.63) is 143 Å². The molecule has 0 saturated carbocycles. The van der Waals surface area contributed by atoms with Crippen LogP contribution in [0.1, 0.15) is 82.4 Å². The second kappa shape index (κ2) is 17.9. The fourth-order valence-corrected chi connectivity index (χ4v) is 10.6. The Morgan fingerprint density at radius 3 is 1.76 bits per heavy atom. The molecule has 21 heteroatoms. The zero-order valence-corrected chi connectivity index (χ0v) is 38.9. The summed E-state index contributed by atoms with van der Waals surface area (Å²) in [5, 5.41) is -1.26. The summed E-state index contributed by atoms with van der Waals surface area (Å²) >= 11 is 24.7. The van der Waals surface area contributed by atoms with Crippen molar-refractivity contribution >= 4 is 87.2 Å². The molecule has 2 saturated heterocycles. The van der Waals surface area contributed by atoms with E-state index < -0.39 is 68.9 Å². The van der Waals surface area contributed by atoms with Gasteiger partial charge in [-0.2, -0.15) is 26.3 Å². The summed E-state index contributed by atoms with van der Waals surface area (Å²) in [6.07, 6.45) is -9.70. The standard InChI is InChI=1S/C23H14Cl2F7NO3.C23H21Cl2FN2O2S/c24-16-4-12(5-17(25)20(16)26)15(23(30,31)32)6-18(34)11-1-2-14-13(3-11)8-36-21(14)9-33(10-21)19(35)7-22(27,28)29;1-3-20(29)28-11-23(12-28)16-5-4-13(6-14(16)10-30-23)19-9-22(2,31-27-19)15-7-17(24)21(26)18(25)8-15/h1-6H,7-10H2;4-8H,3,9-12H2,1-2H3/t;22-/m.0/s1. The minimum absolute atomic E-state index is 0.0221. The van der Waals surface area contributed by atoms with Crippen LogP contribution in [-0.4, -0.2) is 71.6 Å². The van der Waals surface area contributed by atoms with Gasteiger partial charge in [-0.3, -0.25) is 14.4 Å². The van der Waals surface area contributed by atoms with Crippen molar-refractivity contribution < 1.29 is 59.0 Å². The van der Waals surface area contributed by atoms with Gasteiger partial charge in [-0.25, -0.2) is 13.2 Å². The Bertz CT molecular complexity index is 2750. The molecule has 0 bridgehead atoms. The van der Waals surface area contributed by atoms with Gasteiger partial charge in [-0.15, -0.1) is 0 Å². The summed E-state index contributed by atoms with van der Waals surface area (Å²) in [5.74, 6) is -3.64. The number of likely N-dealkylation sites (tertiary alicyclic amines) is 2. The minimum Gasteiger partial charge on any atom is -0.362 e. The molecule has 0 aromatic heterocycles. The van der Waals surface area contributed by atoms with Crippen LogP contribution in [0.2, 0.25) is 20.1 Å². The molecule has 0 unspecified atom stereocenters. The third-order valence-electron chi connectivity index (χ3n) is 12.3. The van der Waals surface area contributed by atoms with Crippen molar-refractivity contribution in [2.45, 2.75) is 74.6 Å². The maximum absolute atomic E-state index is 13.8. The van der Waals surface area contributed by atoms with Crippen molar-refractivity contribution in [2.75, 3.05) is 26.2 Å². The van der Waals surface area contributed by atoms with E-state index in [0.29, 0.717) is 61.9 Å². The van der Waals surface area contributed by atoms with E-state index in [-0.39, 0.29) is 51.6 Å². The van der Waals surface area contributed by atoms with Crippen LogP contribution in [0.25, 0.3) is 5.57 Å². The van der Waals surface area contributed by atoms with Gasteiger partial charge in [0, 0.05) is 18.4 Å². The lowest BCUT2D eigenvalue weighted by atomic mass is 9.83. The smallest absolute Gasteiger partial charge is 0.362 e. The average Bonchev–Trinajstić information content (AvgIpc) is 3.95. The van der Waals surface area contributed by atoms with Gasteiger partial charge in [0.15, 0.2) is 17.4 Å². The number of benzene rings is 4. The van der Waals surface area contributed by atoms with E-state index in [1.807, 2.05) is 11.8 Å². The second-order valence-corrected chi connectivity index (χ2v) is 19.8. The van der Waals surface area contributed by atoms with Gasteiger partial charge in [-0.05, 0) is 100 Å². The monoisotopic (exact) mass is 1030 g/mol. The number of carbonyl (C=O) groups is 3. The number of allylic oxidation sites excluding steroid dienone is 2. The van der Waals surface area contributed by atoms with E-state index >= 15 is 0 Å². The van der Waals surface area contributed by atoms with E-state index in [9.17, 15) is 49.5 Å². The number of fused-ring (bicyclic) bond motifs is 4. The number of halogens is 12. The van der Waals surface area contributed by atoms with Crippen LogP contribution in [-0.2, 0) is 48.2 Å². The Kier molecular flexibility index (Phi) is 13.2. The molecule has 8 nitrogen and oxygen atoms in total. The number of carbonyl (C=O) groups excluding carboxylic acids is 3. The molecule has 0 radical (unpaired) electrons. The molecule has 354 valence electrons. The summed E-state index contributed by atoms with van der Waals surface area (Å²) in [6, 6.07) is 15.0. The number of nitrogens with zero attached hydrogens (tertiary/aromatic N) is 3. The maximum atomic E-state index is 13.8. The first kappa shape index (κ1) is 49.2. The number of rotatable bonds is 7. The number of hydrogen-bond acceptors (Lipinski definition) is 7. The zero-order valence-electron chi connectivity index (χ0n) is 35.0. The molecule has 2 spiro atoms. The fraction of sp³-hybridized carbons (Fsp3) is 0.348. The third-order valence-corrected chi connectivity index (χ3v) is 14.5. The Hall–Kier alpha value is -4.23. The van der Waals surface area contributed by atoms with Crippen molar-refractivity contribution in [3.8, 4) is 0 Å². The number of ether oxygens (including phenoxy) is 2. The summed E-state index contributed by atoms with van der Waals surface area (Å²) in [5.41, 5.74) is 2.69. The summed E-state index contributed by atoms with van der Waals surface area (Å²) in [7, 11) is 0. The summed E-state index contributed by atoms with van der Waals surface area (Å²) in [4.78, 5) is 39.3. The van der Waals surface area contributed by atoms with Gasteiger partial charge in [0.1, 0.15) is 17.6 Å². The average molecular weight is 1040 g/mol. The van der Waals surface area contributed by atoms with E-state index in [1.54, 1.807) is 12.1 Å². The lowest BCUT2D eigenvalue weighted by Gasteiger charge is -2.47. The van der Waals surface area contributed by atoms with Crippen molar-refractivity contribution in [2.24, 2.45) is 4.40 Å². The lowest BCUT2D eigenvalue weighted by molar-refractivity contribution is -0.185. The fourth-order valence-electron chi connectivity index (χ4n) is 8.72. The van der Waals surface area contributed by atoms with Crippen LogP contribution in [0, 0.1) is 11.6 Å². The van der Waals surface area contributed by atoms with Gasteiger partial charge in [-0.1, -0.05) is 77.6 Å². The molecule has 0 aliphatic carbocycles. The first-order valence-corrected chi connectivity index (χ1v) is 22.7. The molecular formula is C46H35Cl4F8N3O5S. The van der Waals surface area contributed by atoms with Crippen LogP contribution in [0.4, 0.5) is 35.1 Å². The minimum atomic E-state index is -5.00. The third kappa shape index (κ3) is 9.58. The molecule has 2 amide bonds. The Balaban J connectivity index is 0.000000183. The Labute approximate surface area is 402 Å². The maximum Gasteiger partial charge on any atom is 0.417 e. The molecule has 1 atom stereocenters.